The fourth-order valence-corrected chi connectivity index (χ4v) is 1.86. The number of aliphatic hydroxyl groups excluding tert-OH is 1. The van der Waals surface area contributed by atoms with Crippen molar-refractivity contribution in [3.63, 3.8) is 0 Å². The first-order chi connectivity index (χ1) is 7.61. The molecule has 0 aliphatic heterocycles. The maximum atomic E-state index is 11.5. The van der Waals surface area contributed by atoms with Crippen molar-refractivity contribution in [2.45, 2.75) is 13.3 Å². The van der Waals surface area contributed by atoms with Gasteiger partial charge in [0.2, 0.25) is 5.91 Å². The lowest BCUT2D eigenvalue weighted by atomic mass is 10.1. The molecule has 0 heterocycles. The minimum Gasteiger partial charge on any atom is -0.396 e. The Labute approximate surface area is 109 Å². The second-order valence-corrected chi connectivity index (χ2v) is 5.14. The number of nitrogens with one attached hydrogen (secondary N) is 1. The van der Waals surface area contributed by atoms with Crippen LogP contribution in [0.4, 0.5) is 0 Å². The first-order valence-electron chi connectivity index (χ1n) is 5.24. The van der Waals surface area contributed by atoms with Gasteiger partial charge >= 0.3 is 0 Å². The number of benzene rings is 1. The van der Waals surface area contributed by atoms with Gasteiger partial charge in [-0.2, -0.15) is 0 Å². The van der Waals surface area contributed by atoms with Crippen molar-refractivity contribution >= 4 is 28.5 Å². The van der Waals surface area contributed by atoms with E-state index < -0.39 is 0 Å². The van der Waals surface area contributed by atoms with E-state index in [4.69, 9.17) is 5.11 Å². The number of rotatable bonds is 5. The summed E-state index contributed by atoms with van der Waals surface area (Å²) in [5.74, 6) is 0.113. The third kappa shape index (κ3) is 4.94. The first kappa shape index (κ1) is 13.4. The monoisotopic (exact) mass is 333 g/mol. The highest BCUT2D eigenvalue weighted by Crippen LogP contribution is 2.08. The van der Waals surface area contributed by atoms with Crippen LogP contribution >= 0.6 is 22.6 Å². The Morgan fingerprint density at radius 3 is 2.94 bits per heavy atom. The van der Waals surface area contributed by atoms with Crippen LogP contribution in [0.2, 0.25) is 0 Å². The maximum Gasteiger partial charge on any atom is 0.224 e. The molecule has 0 aromatic heterocycles. The molecule has 1 unspecified atom stereocenters. The molecular weight excluding hydrogens is 317 g/mol. The quantitative estimate of drug-likeness (QED) is 0.804. The van der Waals surface area contributed by atoms with E-state index in [0.717, 1.165) is 9.13 Å². The maximum absolute atomic E-state index is 11.5. The van der Waals surface area contributed by atoms with Crippen molar-refractivity contribution in [1.29, 1.82) is 0 Å². The predicted octanol–water partition coefficient (Wildman–Crippen LogP) is 1.58. The zero-order chi connectivity index (χ0) is 12.0. The van der Waals surface area contributed by atoms with E-state index in [0.29, 0.717) is 13.0 Å². The van der Waals surface area contributed by atoms with E-state index in [1.54, 1.807) is 0 Å². The number of hydrogen-bond donors (Lipinski definition) is 2. The van der Waals surface area contributed by atoms with E-state index in [9.17, 15) is 4.79 Å². The van der Waals surface area contributed by atoms with Crippen molar-refractivity contribution in [3.05, 3.63) is 33.4 Å². The number of halogens is 1. The summed E-state index contributed by atoms with van der Waals surface area (Å²) in [4.78, 5) is 11.5. The standard InChI is InChI=1S/C12H16INO2/c1-9(8-15)7-14-12(16)6-10-3-2-4-11(13)5-10/h2-5,9,15H,6-8H2,1H3,(H,14,16). The lowest BCUT2D eigenvalue weighted by Gasteiger charge is -2.09. The van der Waals surface area contributed by atoms with Crippen LogP contribution in [0, 0.1) is 9.49 Å². The zero-order valence-electron chi connectivity index (χ0n) is 9.24. The lowest BCUT2D eigenvalue weighted by molar-refractivity contribution is -0.120. The number of carbonyl (C=O) groups is 1. The van der Waals surface area contributed by atoms with Crippen LogP contribution in [-0.2, 0) is 11.2 Å². The molecule has 88 valence electrons. The topological polar surface area (TPSA) is 49.3 Å². The van der Waals surface area contributed by atoms with E-state index >= 15 is 0 Å². The van der Waals surface area contributed by atoms with Crippen molar-refractivity contribution in [2.24, 2.45) is 5.92 Å². The van der Waals surface area contributed by atoms with Gasteiger partial charge in [-0.05, 0) is 46.2 Å². The molecule has 0 saturated carbocycles. The third-order valence-electron chi connectivity index (χ3n) is 2.21. The number of amides is 1. The Bertz CT molecular complexity index is 355. The van der Waals surface area contributed by atoms with Gasteiger partial charge in [-0.25, -0.2) is 0 Å². The van der Waals surface area contributed by atoms with Crippen LogP contribution in [0.15, 0.2) is 24.3 Å². The van der Waals surface area contributed by atoms with Crippen LogP contribution in [0.3, 0.4) is 0 Å². The number of aliphatic hydroxyl groups is 1. The number of carbonyl (C=O) groups excluding carboxylic acids is 1. The molecule has 4 heteroatoms. The van der Waals surface area contributed by atoms with Crippen LogP contribution in [0.5, 0.6) is 0 Å². The van der Waals surface area contributed by atoms with Crippen LogP contribution in [0.1, 0.15) is 12.5 Å². The SMILES string of the molecule is CC(CO)CNC(=O)Cc1cccc(I)c1. The lowest BCUT2D eigenvalue weighted by Crippen LogP contribution is -2.30. The summed E-state index contributed by atoms with van der Waals surface area (Å²) >= 11 is 2.23. The average molecular weight is 333 g/mol. The summed E-state index contributed by atoms with van der Waals surface area (Å²) in [5.41, 5.74) is 1.01. The Hall–Kier alpha value is -0.620. The molecule has 0 bridgehead atoms. The average Bonchev–Trinajstić information content (AvgIpc) is 2.26. The summed E-state index contributed by atoms with van der Waals surface area (Å²) in [6.07, 6.45) is 0.398. The summed E-state index contributed by atoms with van der Waals surface area (Å²) in [5, 5.41) is 11.6. The molecule has 0 radical (unpaired) electrons. The van der Waals surface area contributed by atoms with Gasteiger partial charge < -0.3 is 10.4 Å². The van der Waals surface area contributed by atoms with Crippen molar-refractivity contribution in [2.75, 3.05) is 13.2 Å². The van der Waals surface area contributed by atoms with Gasteiger partial charge in [-0.3, -0.25) is 4.79 Å². The highest BCUT2D eigenvalue weighted by atomic mass is 127. The summed E-state index contributed by atoms with van der Waals surface area (Å²) in [7, 11) is 0. The van der Waals surface area contributed by atoms with Gasteiger partial charge in [0.25, 0.3) is 0 Å². The van der Waals surface area contributed by atoms with Crippen molar-refractivity contribution < 1.29 is 9.90 Å². The molecule has 0 spiro atoms. The van der Waals surface area contributed by atoms with Crippen LogP contribution < -0.4 is 5.32 Å². The molecule has 3 nitrogen and oxygen atoms in total. The Morgan fingerprint density at radius 2 is 2.31 bits per heavy atom. The Balaban J connectivity index is 2.40. The molecule has 16 heavy (non-hydrogen) atoms. The van der Waals surface area contributed by atoms with E-state index in [2.05, 4.69) is 27.9 Å². The van der Waals surface area contributed by atoms with Gasteiger partial charge in [0, 0.05) is 16.7 Å². The van der Waals surface area contributed by atoms with Crippen LogP contribution in [0.25, 0.3) is 0 Å². The van der Waals surface area contributed by atoms with Crippen molar-refractivity contribution in [1.82, 2.24) is 5.32 Å². The fourth-order valence-electron chi connectivity index (χ4n) is 1.25. The molecule has 0 fully saturated rings. The molecule has 0 aliphatic carbocycles. The minimum atomic E-state index is 0.00213. The fraction of sp³-hybridized carbons (Fsp3) is 0.417. The summed E-state index contributed by atoms with van der Waals surface area (Å²) in [6.45, 7) is 2.52. The molecule has 0 saturated heterocycles. The van der Waals surface area contributed by atoms with Gasteiger partial charge in [0.1, 0.15) is 0 Å². The summed E-state index contributed by atoms with van der Waals surface area (Å²) < 4.78 is 1.13. The third-order valence-corrected chi connectivity index (χ3v) is 2.88. The van der Waals surface area contributed by atoms with Crippen molar-refractivity contribution in [3.8, 4) is 0 Å². The van der Waals surface area contributed by atoms with Crippen LogP contribution in [-0.4, -0.2) is 24.2 Å². The highest BCUT2D eigenvalue weighted by Gasteiger charge is 2.05. The Morgan fingerprint density at radius 1 is 1.56 bits per heavy atom. The van der Waals surface area contributed by atoms with Gasteiger partial charge in [0.15, 0.2) is 0 Å². The number of hydrogen-bond acceptors (Lipinski definition) is 2. The largest absolute Gasteiger partial charge is 0.396 e. The Kier molecular flexibility index (Phi) is 5.76. The highest BCUT2D eigenvalue weighted by molar-refractivity contribution is 14.1. The van der Waals surface area contributed by atoms with E-state index in [1.165, 1.54) is 0 Å². The molecule has 1 aromatic rings. The van der Waals surface area contributed by atoms with Gasteiger partial charge in [-0.15, -0.1) is 0 Å². The van der Waals surface area contributed by atoms with Gasteiger partial charge in [0.05, 0.1) is 6.42 Å². The second-order valence-electron chi connectivity index (χ2n) is 3.90. The second kappa shape index (κ2) is 6.85. The molecule has 1 amide bonds. The molecule has 1 atom stereocenters. The van der Waals surface area contributed by atoms with E-state index in [-0.39, 0.29) is 18.4 Å². The minimum absolute atomic E-state index is 0.00213. The summed E-state index contributed by atoms with van der Waals surface area (Å²) in [6, 6.07) is 7.88. The zero-order valence-corrected chi connectivity index (χ0v) is 11.4. The van der Waals surface area contributed by atoms with E-state index in [1.807, 2.05) is 31.2 Å². The predicted molar refractivity (Wildman–Crippen MR) is 72.1 cm³/mol. The molecule has 1 aromatic carbocycles. The first-order valence-corrected chi connectivity index (χ1v) is 6.31. The molecule has 2 N–H and O–H groups in total. The van der Waals surface area contributed by atoms with Gasteiger partial charge in [-0.1, -0.05) is 19.1 Å². The molecule has 1 rings (SSSR count). The smallest absolute Gasteiger partial charge is 0.224 e. The molecule has 0 aliphatic rings. The molecular formula is C12H16INO2. The normalized spacial score (nSPS) is 12.2.